The fourth-order valence-corrected chi connectivity index (χ4v) is 4.48. The number of hydrogen-bond acceptors (Lipinski definition) is 4. The maximum Gasteiger partial charge on any atom is 0.251 e. The van der Waals surface area contributed by atoms with Crippen molar-refractivity contribution in [2.75, 3.05) is 23.7 Å². The quantitative estimate of drug-likeness (QED) is 0.766. The molecule has 0 spiro atoms. The fourth-order valence-electron chi connectivity index (χ4n) is 3.22. The molecule has 1 N–H and O–H groups in total. The topological polar surface area (TPSA) is 75.7 Å². The summed E-state index contributed by atoms with van der Waals surface area (Å²) in [7, 11) is -3.35. The molecule has 1 amide bonds. The van der Waals surface area contributed by atoms with Gasteiger partial charge in [0, 0.05) is 11.6 Å². The van der Waals surface area contributed by atoms with Crippen LogP contribution in [0.1, 0.15) is 22.8 Å². The van der Waals surface area contributed by atoms with Crippen LogP contribution in [0.2, 0.25) is 0 Å². The molecule has 2 aromatic carbocycles. The van der Waals surface area contributed by atoms with Gasteiger partial charge < -0.3 is 10.1 Å². The Morgan fingerprint density at radius 2 is 1.96 bits per heavy atom. The highest BCUT2D eigenvalue weighted by Gasteiger charge is 2.32. The van der Waals surface area contributed by atoms with Crippen molar-refractivity contribution in [1.82, 2.24) is 5.32 Å². The van der Waals surface area contributed by atoms with E-state index in [2.05, 4.69) is 5.32 Å². The summed E-state index contributed by atoms with van der Waals surface area (Å²) >= 11 is 0. The van der Waals surface area contributed by atoms with Crippen LogP contribution >= 0.6 is 0 Å². The molecule has 8 heteroatoms. The lowest BCUT2D eigenvalue weighted by Crippen LogP contribution is -2.34. The minimum atomic E-state index is -3.35. The Labute approximate surface area is 158 Å². The number of benzene rings is 2. The van der Waals surface area contributed by atoms with Crippen LogP contribution in [0.3, 0.4) is 0 Å². The number of sulfonamides is 1. The van der Waals surface area contributed by atoms with Crippen molar-refractivity contribution >= 4 is 21.6 Å². The number of nitrogens with zero attached hydrogens (tertiary/aromatic N) is 1. The molecule has 0 bridgehead atoms. The van der Waals surface area contributed by atoms with Crippen LogP contribution in [-0.2, 0) is 16.4 Å². The molecule has 0 fully saturated rings. The first-order valence-corrected chi connectivity index (χ1v) is 10.4. The smallest absolute Gasteiger partial charge is 0.251 e. The third kappa shape index (κ3) is 4.39. The summed E-state index contributed by atoms with van der Waals surface area (Å²) < 4.78 is 43.5. The molecule has 1 aliphatic heterocycles. The summed E-state index contributed by atoms with van der Waals surface area (Å²) in [6.07, 6.45) is 1.75. The van der Waals surface area contributed by atoms with E-state index in [4.69, 9.17) is 4.74 Å². The summed E-state index contributed by atoms with van der Waals surface area (Å²) in [6, 6.07) is 10.5. The second kappa shape index (κ2) is 7.56. The summed E-state index contributed by atoms with van der Waals surface area (Å²) in [6.45, 7) is 2.38. The molecule has 1 unspecified atom stereocenters. The molecule has 27 heavy (non-hydrogen) atoms. The summed E-state index contributed by atoms with van der Waals surface area (Å²) in [5.74, 6) is -0.0694. The van der Waals surface area contributed by atoms with Gasteiger partial charge in [-0.15, -0.1) is 0 Å². The number of fused-ring (bicyclic) bond motifs is 1. The van der Waals surface area contributed by atoms with Crippen molar-refractivity contribution in [3.63, 3.8) is 0 Å². The molecule has 0 radical (unpaired) electrons. The van der Waals surface area contributed by atoms with E-state index in [1.807, 2.05) is 6.92 Å². The number of anilines is 1. The number of carbonyl (C=O) groups is 1. The molecule has 144 valence electrons. The Morgan fingerprint density at radius 3 is 2.63 bits per heavy atom. The zero-order chi connectivity index (χ0) is 19.6. The molecule has 0 aliphatic carbocycles. The van der Waals surface area contributed by atoms with E-state index in [-0.39, 0.29) is 24.4 Å². The van der Waals surface area contributed by atoms with Crippen LogP contribution in [0.5, 0.6) is 5.75 Å². The third-order valence-corrected chi connectivity index (χ3v) is 5.59. The summed E-state index contributed by atoms with van der Waals surface area (Å²) in [4.78, 5) is 12.3. The average Bonchev–Trinajstić information content (AvgIpc) is 2.95. The fraction of sp³-hybridized carbons (Fsp3) is 0.316. The first kappa shape index (κ1) is 19.2. The highest BCUT2D eigenvalue weighted by Crippen LogP contribution is 2.34. The number of amides is 1. The Hall–Kier alpha value is -2.61. The van der Waals surface area contributed by atoms with E-state index in [1.54, 1.807) is 18.2 Å². The highest BCUT2D eigenvalue weighted by atomic mass is 32.2. The maximum atomic E-state index is 12.8. The van der Waals surface area contributed by atoms with E-state index in [9.17, 15) is 17.6 Å². The van der Waals surface area contributed by atoms with Gasteiger partial charge in [0.2, 0.25) is 10.0 Å². The Morgan fingerprint density at radius 1 is 1.26 bits per heavy atom. The zero-order valence-corrected chi connectivity index (χ0v) is 15.9. The van der Waals surface area contributed by atoms with E-state index in [1.165, 1.54) is 34.8 Å². The number of carbonyl (C=O) groups excluding carboxylic acids is 1. The summed E-state index contributed by atoms with van der Waals surface area (Å²) in [5.41, 5.74) is 1.93. The van der Waals surface area contributed by atoms with Gasteiger partial charge >= 0.3 is 0 Å². The molecule has 1 aliphatic rings. The van der Waals surface area contributed by atoms with Crippen LogP contribution in [0.4, 0.5) is 10.1 Å². The lowest BCUT2D eigenvalue weighted by Gasteiger charge is -2.21. The zero-order valence-electron chi connectivity index (χ0n) is 15.1. The van der Waals surface area contributed by atoms with Gasteiger partial charge in [-0.1, -0.05) is 0 Å². The molecular weight excluding hydrogens is 371 g/mol. The molecule has 3 rings (SSSR count). The monoisotopic (exact) mass is 392 g/mol. The lowest BCUT2D eigenvalue weighted by molar-refractivity contribution is 0.0947. The Bertz CT molecular complexity index is 945. The summed E-state index contributed by atoms with van der Waals surface area (Å²) in [5, 5.41) is 2.75. The minimum absolute atomic E-state index is 0.169. The highest BCUT2D eigenvalue weighted by molar-refractivity contribution is 7.92. The maximum absolute atomic E-state index is 12.8. The van der Waals surface area contributed by atoms with Gasteiger partial charge in [0.1, 0.15) is 18.2 Å². The van der Waals surface area contributed by atoms with Gasteiger partial charge in [0.15, 0.2) is 0 Å². The van der Waals surface area contributed by atoms with Crippen LogP contribution < -0.4 is 14.4 Å². The van der Waals surface area contributed by atoms with Crippen LogP contribution in [-0.4, -0.2) is 39.8 Å². The van der Waals surface area contributed by atoms with Gasteiger partial charge in [-0.25, -0.2) is 12.8 Å². The van der Waals surface area contributed by atoms with Crippen molar-refractivity contribution in [2.24, 2.45) is 0 Å². The van der Waals surface area contributed by atoms with Gasteiger partial charge in [-0.2, -0.15) is 0 Å². The van der Waals surface area contributed by atoms with Gasteiger partial charge in [-0.3, -0.25) is 9.10 Å². The first-order chi connectivity index (χ1) is 12.8. The molecular formula is C19H21FN2O4S. The Kier molecular flexibility index (Phi) is 5.36. The van der Waals surface area contributed by atoms with Crippen molar-refractivity contribution in [1.29, 1.82) is 0 Å². The van der Waals surface area contributed by atoms with Crippen molar-refractivity contribution in [2.45, 2.75) is 19.4 Å². The SMILES string of the molecule is CC1Cc2cc(C(=O)NCCOc3ccc(F)cc3)ccc2N1S(C)(=O)=O. The van der Waals surface area contributed by atoms with Crippen LogP contribution in [0.15, 0.2) is 42.5 Å². The molecule has 0 saturated carbocycles. The molecule has 6 nitrogen and oxygen atoms in total. The second-order valence-electron chi connectivity index (χ2n) is 6.51. The number of ether oxygens (including phenoxy) is 1. The van der Waals surface area contributed by atoms with E-state index >= 15 is 0 Å². The first-order valence-electron chi connectivity index (χ1n) is 8.54. The van der Waals surface area contributed by atoms with E-state index < -0.39 is 10.0 Å². The van der Waals surface area contributed by atoms with Gasteiger partial charge in [0.25, 0.3) is 5.91 Å². The van der Waals surface area contributed by atoms with Gasteiger partial charge in [-0.05, 0) is 61.4 Å². The van der Waals surface area contributed by atoms with Crippen LogP contribution in [0.25, 0.3) is 0 Å². The van der Waals surface area contributed by atoms with Crippen LogP contribution in [0, 0.1) is 5.82 Å². The average molecular weight is 392 g/mol. The Balaban J connectivity index is 1.58. The molecule has 0 aromatic heterocycles. The second-order valence-corrected chi connectivity index (χ2v) is 8.37. The predicted molar refractivity (Wildman–Crippen MR) is 101 cm³/mol. The van der Waals surface area contributed by atoms with E-state index in [0.717, 1.165) is 5.56 Å². The lowest BCUT2D eigenvalue weighted by atomic mass is 10.1. The van der Waals surface area contributed by atoms with Gasteiger partial charge in [0.05, 0.1) is 18.5 Å². The van der Waals surface area contributed by atoms with Crippen molar-refractivity contribution < 1.29 is 22.3 Å². The molecule has 1 atom stereocenters. The number of halogens is 1. The number of nitrogens with one attached hydrogen (secondary N) is 1. The normalized spacial score (nSPS) is 16.1. The minimum Gasteiger partial charge on any atom is -0.492 e. The third-order valence-electron chi connectivity index (χ3n) is 4.32. The number of rotatable bonds is 6. The standard InChI is InChI=1S/C19H21FN2O4S/c1-13-11-15-12-14(3-8-18(15)22(13)27(2,24)25)19(23)21-9-10-26-17-6-4-16(20)5-7-17/h3-8,12-13H,9-11H2,1-2H3,(H,21,23). The molecule has 2 aromatic rings. The predicted octanol–water partition coefficient (Wildman–Crippen LogP) is 2.35. The van der Waals surface area contributed by atoms with Crippen molar-refractivity contribution in [3.05, 3.63) is 59.4 Å². The molecule has 0 saturated heterocycles. The number of hydrogen-bond donors (Lipinski definition) is 1. The van der Waals surface area contributed by atoms with Crippen molar-refractivity contribution in [3.8, 4) is 5.75 Å². The van der Waals surface area contributed by atoms with E-state index in [0.29, 0.717) is 30.0 Å². The molecule has 1 heterocycles. The largest absolute Gasteiger partial charge is 0.492 e.